The number of carbonyl (C=O) groups is 1. The monoisotopic (exact) mass is 667 g/mol. The van der Waals surface area contributed by atoms with Crippen molar-refractivity contribution in [3.8, 4) is 11.7 Å². The van der Waals surface area contributed by atoms with Crippen molar-refractivity contribution >= 4 is 31.8 Å². The molecule has 246 valence electrons. The highest BCUT2D eigenvalue weighted by Gasteiger charge is 2.62. The van der Waals surface area contributed by atoms with Gasteiger partial charge in [-0.2, -0.15) is 13.2 Å². The first-order valence-corrected chi connectivity index (χ1v) is 19.1. The normalized spacial score (nSPS) is 19.8. The van der Waals surface area contributed by atoms with Gasteiger partial charge in [-0.05, 0) is 93.4 Å². The molecule has 2 fully saturated rings. The van der Waals surface area contributed by atoms with Gasteiger partial charge in [-0.1, -0.05) is 19.1 Å². The van der Waals surface area contributed by atoms with Gasteiger partial charge in [0.15, 0.2) is 5.82 Å². The molecule has 1 aliphatic carbocycles. The summed E-state index contributed by atoms with van der Waals surface area (Å²) >= 11 is 0. The van der Waals surface area contributed by atoms with Gasteiger partial charge in [-0.15, -0.1) is 5.10 Å². The first-order chi connectivity index (χ1) is 20.8. The first-order valence-electron chi connectivity index (χ1n) is 14.7. The van der Waals surface area contributed by atoms with E-state index in [0.29, 0.717) is 24.1 Å². The predicted octanol–water partition coefficient (Wildman–Crippen LogP) is 6.18. The largest absolute Gasteiger partial charge is 0.477 e. The number of alkyl halides is 3. The molecule has 1 saturated heterocycles. The number of pyridine rings is 1. The van der Waals surface area contributed by atoms with E-state index in [0.717, 1.165) is 11.3 Å². The number of ether oxygens (including phenoxy) is 1. The molecule has 0 unspecified atom stereocenters. The van der Waals surface area contributed by atoms with Gasteiger partial charge in [0.2, 0.25) is 5.88 Å². The molecule has 3 aromatic rings. The molecule has 45 heavy (non-hydrogen) atoms. The summed E-state index contributed by atoms with van der Waals surface area (Å²) in [5, 5.41) is 4.34. The summed E-state index contributed by atoms with van der Waals surface area (Å²) in [6.07, 6.45) is 4.41. The maximum atomic E-state index is 13.6. The van der Waals surface area contributed by atoms with Crippen molar-refractivity contribution in [2.24, 2.45) is 11.3 Å². The number of aromatic nitrogens is 3. The van der Waals surface area contributed by atoms with Crippen LogP contribution in [-0.4, -0.2) is 72.7 Å². The van der Waals surface area contributed by atoms with Crippen LogP contribution in [0.3, 0.4) is 0 Å². The van der Waals surface area contributed by atoms with Crippen molar-refractivity contribution in [2.45, 2.75) is 68.0 Å². The van der Waals surface area contributed by atoms with E-state index in [-0.39, 0.29) is 47.7 Å². The second kappa shape index (κ2) is 11.5. The van der Waals surface area contributed by atoms with E-state index < -0.39 is 37.5 Å². The average Bonchev–Trinajstić information content (AvgIpc) is 3.50. The zero-order valence-corrected chi connectivity index (χ0v) is 27.9. The Balaban J connectivity index is 1.41. The number of benzene rings is 1. The second-order valence-corrected chi connectivity index (χ2v) is 19.3. The molecule has 1 aromatic carbocycles. The summed E-state index contributed by atoms with van der Waals surface area (Å²) in [5.74, 6) is 0.282. The molecule has 0 radical (unpaired) electrons. The standard InChI is InChI=1S/C31H40F3N5O4S2/c1-21-19-29(2,3)38(20-21)27-24(28(40)37-45(41,42)23-9-7-8-22(18-23)44(4,5)6)10-11-25(35-27)39-16-12-26(36-39)43-17-15-30(13-14-30)31(32,33)34/h7-12,16,18,21H,13-15,17,19-20H2,1-6H3,(H,37,40)/t21-/m0/s1. The lowest BCUT2D eigenvalue weighted by molar-refractivity contribution is -0.190. The minimum atomic E-state index is -4.25. The van der Waals surface area contributed by atoms with Gasteiger partial charge in [0.05, 0.1) is 22.5 Å². The van der Waals surface area contributed by atoms with Crippen LogP contribution in [0.5, 0.6) is 5.88 Å². The Kier molecular flexibility index (Phi) is 8.48. The summed E-state index contributed by atoms with van der Waals surface area (Å²) in [7, 11) is -5.39. The van der Waals surface area contributed by atoms with E-state index in [1.165, 1.54) is 22.9 Å². The SMILES string of the molecule is C[C@@H]1CN(c2nc(-n3ccc(OCCC4(C(F)(F)F)CC4)n3)ccc2C(=O)NS(=O)(=O)c2cccc(S(C)(C)C)c2)C(C)(C)C1. The molecule has 0 spiro atoms. The van der Waals surface area contributed by atoms with Crippen LogP contribution in [0.25, 0.3) is 5.82 Å². The Labute approximate surface area is 263 Å². The van der Waals surface area contributed by atoms with Gasteiger partial charge in [-0.25, -0.2) is 32.8 Å². The maximum absolute atomic E-state index is 13.6. The Morgan fingerprint density at radius 1 is 1.09 bits per heavy atom. The fourth-order valence-corrected chi connectivity index (χ4v) is 7.91. The lowest BCUT2D eigenvalue weighted by Crippen LogP contribution is -2.41. The quantitative estimate of drug-likeness (QED) is 0.276. The molecule has 2 aromatic heterocycles. The van der Waals surface area contributed by atoms with Gasteiger partial charge in [0.1, 0.15) is 5.82 Å². The van der Waals surface area contributed by atoms with Crippen molar-refractivity contribution in [1.82, 2.24) is 19.5 Å². The lowest BCUT2D eigenvalue weighted by atomic mass is 9.97. The van der Waals surface area contributed by atoms with Crippen molar-refractivity contribution in [1.29, 1.82) is 0 Å². The van der Waals surface area contributed by atoms with Crippen LogP contribution in [0.2, 0.25) is 0 Å². The number of hydrogen-bond acceptors (Lipinski definition) is 7. The zero-order chi connectivity index (χ0) is 33.0. The van der Waals surface area contributed by atoms with Crippen LogP contribution in [0.15, 0.2) is 58.5 Å². The minimum absolute atomic E-state index is 0.00365. The van der Waals surface area contributed by atoms with Crippen LogP contribution in [0, 0.1) is 11.3 Å². The second-order valence-electron chi connectivity index (χ2n) is 13.5. The molecule has 1 amide bonds. The summed E-state index contributed by atoms with van der Waals surface area (Å²) in [4.78, 5) is 21.3. The number of rotatable bonds is 10. The number of halogens is 3. The van der Waals surface area contributed by atoms with E-state index in [9.17, 15) is 26.4 Å². The third kappa shape index (κ3) is 6.96. The zero-order valence-electron chi connectivity index (χ0n) is 26.3. The van der Waals surface area contributed by atoms with Crippen molar-refractivity contribution in [3.63, 3.8) is 0 Å². The number of hydrogen-bond donors (Lipinski definition) is 1. The highest BCUT2D eigenvalue weighted by atomic mass is 32.3. The van der Waals surface area contributed by atoms with Gasteiger partial charge >= 0.3 is 6.18 Å². The van der Waals surface area contributed by atoms with Gasteiger partial charge in [0.25, 0.3) is 15.9 Å². The van der Waals surface area contributed by atoms with Crippen LogP contribution in [0.1, 0.15) is 56.8 Å². The summed E-state index contributed by atoms with van der Waals surface area (Å²) in [5.41, 5.74) is -1.95. The minimum Gasteiger partial charge on any atom is -0.477 e. The third-order valence-electron chi connectivity index (χ3n) is 8.57. The Bertz CT molecular complexity index is 1700. The highest BCUT2D eigenvalue weighted by Crippen LogP contribution is 2.59. The number of nitrogens with one attached hydrogen (secondary N) is 1. The van der Waals surface area contributed by atoms with Gasteiger partial charge < -0.3 is 9.64 Å². The maximum Gasteiger partial charge on any atom is 0.394 e. The smallest absolute Gasteiger partial charge is 0.394 e. The number of carbonyl (C=O) groups excluding carboxylic acids is 1. The number of anilines is 1. The van der Waals surface area contributed by atoms with E-state index in [4.69, 9.17) is 9.72 Å². The number of amides is 1. The molecule has 14 heteroatoms. The van der Waals surface area contributed by atoms with E-state index in [2.05, 4.69) is 35.5 Å². The Hall–Kier alpha value is -3.26. The van der Waals surface area contributed by atoms with E-state index in [1.54, 1.807) is 24.4 Å². The topological polar surface area (TPSA) is 106 Å². The van der Waals surface area contributed by atoms with Crippen LogP contribution >= 0.6 is 10.0 Å². The molecule has 0 bridgehead atoms. The van der Waals surface area contributed by atoms with E-state index >= 15 is 0 Å². The van der Waals surface area contributed by atoms with Crippen LogP contribution in [-0.2, 0) is 10.0 Å². The summed E-state index contributed by atoms with van der Waals surface area (Å²) in [6, 6.07) is 11.2. The summed E-state index contributed by atoms with van der Waals surface area (Å²) < 4.78 is 75.7. The fourth-order valence-electron chi connectivity index (χ4n) is 5.86. The summed E-state index contributed by atoms with van der Waals surface area (Å²) in [6.45, 7) is 6.65. The molecule has 2 aliphatic rings. The molecular formula is C31H40F3N5O4S2. The number of nitrogens with zero attached hydrogens (tertiary/aromatic N) is 4. The average molecular weight is 668 g/mol. The first kappa shape index (κ1) is 33.1. The molecule has 1 N–H and O–H groups in total. The Morgan fingerprint density at radius 2 is 1.78 bits per heavy atom. The van der Waals surface area contributed by atoms with Crippen molar-refractivity contribution < 1.29 is 31.1 Å². The third-order valence-corrected chi connectivity index (χ3v) is 11.6. The predicted molar refractivity (Wildman–Crippen MR) is 169 cm³/mol. The van der Waals surface area contributed by atoms with E-state index in [1.807, 2.05) is 24.8 Å². The van der Waals surface area contributed by atoms with Gasteiger partial charge in [-0.3, -0.25) is 4.79 Å². The van der Waals surface area contributed by atoms with Crippen LogP contribution in [0.4, 0.5) is 19.0 Å². The highest BCUT2D eigenvalue weighted by molar-refractivity contribution is 8.32. The number of sulfonamides is 1. The molecule has 3 heterocycles. The fraction of sp³-hybridized carbons (Fsp3) is 0.516. The lowest BCUT2D eigenvalue weighted by Gasteiger charge is -2.34. The molecule has 1 saturated carbocycles. The van der Waals surface area contributed by atoms with Gasteiger partial charge in [0, 0.05) is 24.3 Å². The molecule has 1 aliphatic heterocycles. The van der Waals surface area contributed by atoms with Crippen LogP contribution < -0.4 is 14.4 Å². The molecule has 5 rings (SSSR count). The molecule has 1 atom stereocenters. The molecule has 9 nitrogen and oxygen atoms in total. The molecular weight excluding hydrogens is 628 g/mol. The Morgan fingerprint density at radius 3 is 2.38 bits per heavy atom. The van der Waals surface area contributed by atoms with Crippen molar-refractivity contribution in [2.75, 3.05) is 36.8 Å². The van der Waals surface area contributed by atoms with Crippen molar-refractivity contribution in [3.05, 3.63) is 54.2 Å².